The van der Waals surface area contributed by atoms with E-state index in [0.717, 1.165) is 10.8 Å². The van der Waals surface area contributed by atoms with Gasteiger partial charge in [-0.2, -0.15) is 0 Å². The van der Waals surface area contributed by atoms with Gasteiger partial charge >= 0.3 is 0 Å². The van der Waals surface area contributed by atoms with E-state index in [-0.39, 0.29) is 80.9 Å². The predicted molar refractivity (Wildman–Crippen MR) is 183 cm³/mol. The summed E-state index contributed by atoms with van der Waals surface area (Å²) in [6, 6.07) is 23.9. The van der Waals surface area contributed by atoms with Gasteiger partial charge in [0.2, 0.25) is 0 Å². The van der Waals surface area contributed by atoms with Crippen molar-refractivity contribution in [1.29, 1.82) is 0 Å². The van der Waals surface area contributed by atoms with E-state index >= 15 is 0 Å². The van der Waals surface area contributed by atoms with Gasteiger partial charge in [-0.15, -0.1) is 0 Å². The highest BCUT2D eigenvalue weighted by Gasteiger charge is 2.18. The van der Waals surface area contributed by atoms with Crippen molar-refractivity contribution in [3.05, 3.63) is 157 Å². The van der Waals surface area contributed by atoms with E-state index in [1.807, 2.05) is 54.6 Å². The molecule has 9 aromatic rings. The van der Waals surface area contributed by atoms with Crippen molar-refractivity contribution in [1.82, 2.24) is 0 Å². The van der Waals surface area contributed by atoms with Crippen molar-refractivity contribution < 1.29 is 19.5 Å². The number of fused-ring (bicyclic) bond motifs is 6. The Morgan fingerprint density at radius 2 is 0.977 bits per heavy atom. The van der Waals surface area contributed by atoms with Gasteiger partial charge in [0.15, 0.2) is 0 Å². The monoisotopic (exact) mass is 557 g/mol. The number of hydrogen-bond donors (Lipinski definition) is 0. The first-order chi connectivity index (χ1) is 25.9. The fourth-order valence-electron chi connectivity index (χ4n) is 6.14. The molecule has 0 amide bonds. The van der Waals surface area contributed by atoms with Crippen molar-refractivity contribution >= 4 is 54.3 Å². The van der Waals surface area contributed by atoms with Gasteiger partial charge in [-0.05, 0) is 89.9 Å². The summed E-state index contributed by atoms with van der Waals surface area (Å²) in [6.07, 6.45) is 0. The van der Waals surface area contributed by atoms with Crippen LogP contribution in [0.15, 0.2) is 162 Å². The second-order valence-corrected chi connectivity index (χ2v) is 10.4. The predicted octanol–water partition coefficient (Wildman–Crippen LogP) is 12.0. The van der Waals surface area contributed by atoms with Crippen LogP contribution in [0.1, 0.15) is 15.1 Å². The Labute approximate surface area is 264 Å². The van der Waals surface area contributed by atoms with Crippen LogP contribution in [0.2, 0.25) is 0 Å². The molecule has 0 bridgehead atoms. The smallest absolute Gasteiger partial charge is 0.135 e. The third-order valence-electron chi connectivity index (χ3n) is 8.00. The zero-order valence-electron chi connectivity index (χ0n) is 33.6. The lowest BCUT2D eigenvalue weighted by molar-refractivity contribution is 0.669. The molecule has 0 aliphatic rings. The van der Waals surface area contributed by atoms with Crippen LogP contribution in [0.4, 0.5) is 0 Å². The summed E-state index contributed by atoms with van der Waals surface area (Å²) >= 11 is 0. The Bertz CT molecular complexity index is 3070. The molecule has 0 fully saturated rings. The number of benzene rings is 8. The number of hydrogen-bond acceptors (Lipinski definition) is 1. The maximum Gasteiger partial charge on any atom is 0.135 e. The average molecular weight is 558 g/mol. The fraction of sp³-hybridized carbons (Fsp3) is 0. The summed E-state index contributed by atoms with van der Waals surface area (Å²) in [7, 11) is 0. The summed E-state index contributed by atoms with van der Waals surface area (Å²) in [5.41, 5.74) is 1.55. The van der Waals surface area contributed by atoms with Crippen molar-refractivity contribution in [3.63, 3.8) is 0 Å². The Morgan fingerprint density at radius 1 is 0.395 bits per heavy atom. The van der Waals surface area contributed by atoms with E-state index in [0.29, 0.717) is 38.2 Å². The van der Waals surface area contributed by atoms with E-state index in [1.165, 1.54) is 0 Å². The summed E-state index contributed by atoms with van der Waals surface area (Å²) in [4.78, 5) is 0. The molecule has 0 aliphatic heterocycles. The summed E-state index contributed by atoms with van der Waals surface area (Å²) in [5.74, 6) is 0. The van der Waals surface area contributed by atoms with Crippen molar-refractivity contribution in [3.8, 4) is 33.4 Å². The highest BCUT2D eigenvalue weighted by atomic mass is 16.3. The lowest BCUT2D eigenvalue weighted by Crippen LogP contribution is -1.91. The topological polar surface area (TPSA) is 13.1 Å². The Balaban J connectivity index is 1.44. The zero-order chi connectivity index (χ0) is 37.9. The zero-order valence-corrected chi connectivity index (χ0v) is 22.6. The molecule has 0 saturated carbocycles. The maximum atomic E-state index is 9.68. The van der Waals surface area contributed by atoms with Gasteiger partial charge in [0.05, 0.1) is 15.1 Å². The molecule has 0 atom stereocenters. The van der Waals surface area contributed by atoms with Crippen LogP contribution in [-0.4, -0.2) is 0 Å². The van der Waals surface area contributed by atoms with E-state index in [4.69, 9.17) is 14.0 Å². The molecule has 8 aromatic carbocycles. The lowest BCUT2D eigenvalue weighted by Gasteiger charge is -2.18. The van der Waals surface area contributed by atoms with Crippen LogP contribution in [0.25, 0.3) is 87.6 Å². The molecule has 1 heterocycles. The minimum absolute atomic E-state index is 0.00302. The molecule has 1 heteroatoms. The van der Waals surface area contributed by atoms with Crippen LogP contribution >= 0.6 is 0 Å². The molecule has 0 radical (unpaired) electrons. The van der Waals surface area contributed by atoms with E-state index in [9.17, 15) is 5.48 Å². The Kier molecular flexibility index (Phi) is 3.41. The first kappa shape index (κ1) is 15.5. The highest BCUT2D eigenvalue weighted by molar-refractivity contribution is 6.22. The molecule has 1 aromatic heterocycles. The van der Waals surface area contributed by atoms with Gasteiger partial charge in [-0.1, -0.05) is 133 Å². The first-order valence-corrected chi connectivity index (χ1v) is 13.9. The highest BCUT2D eigenvalue weighted by Crippen LogP contribution is 2.45. The molecule has 0 unspecified atom stereocenters. The fourth-order valence-corrected chi connectivity index (χ4v) is 6.14. The van der Waals surface area contributed by atoms with E-state index in [1.54, 1.807) is 36.4 Å². The van der Waals surface area contributed by atoms with Crippen LogP contribution in [0, 0.1) is 0 Å². The average Bonchev–Trinajstić information content (AvgIpc) is 3.60. The minimum Gasteiger partial charge on any atom is -0.456 e. The maximum absolute atomic E-state index is 9.68. The molecule has 200 valence electrons. The van der Waals surface area contributed by atoms with Gasteiger partial charge in [-0.25, -0.2) is 0 Å². The summed E-state index contributed by atoms with van der Waals surface area (Å²) in [6.45, 7) is 0. The minimum atomic E-state index is -0.510. The van der Waals surface area contributed by atoms with Gasteiger partial charge < -0.3 is 4.42 Å². The van der Waals surface area contributed by atoms with Gasteiger partial charge in [0.25, 0.3) is 0 Å². The second kappa shape index (κ2) is 9.44. The van der Waals surface area contributed by atoms with Crippen molar-refractivity contribution in [2.75, 3.05) is 0 Å². The number of furan rings is 1. The molecule has 0 N–H and O–H groups in total. The molecule has 1 nitrogen and oxygen atoms in total. The SMILES string of the molecule is [2H]c1c([2H])c(-c2cccc3ccccc23)c([2H])c(-c2c3ccccc3c(-c3c([2H])c([2H])c4oc5c([2H])c([2H])c([2H])c([2H])c5c4c3[2H])c3ccccc23)c1[2H]. The largest absolute Gasteiger partial charge is 0.456 e. The van der Waals surface area contributed by atoms with E-state index < -0.39 is 24.2 Å². The third kappa shape index (κ3) is 3.72. The third-order valence-corrected chi connectivity index (χ3v) is 8.00. The second-order valence-electron chi connectivity index (χ2n) is 10.4. The molecule has 9 rings (SSSR count). The Morgan fingerprint density at radius 3 is 1.72 bits per heavy atom. The normalized spacial score (nSPS) is 15.3. The molecule has 0 saturated heterocycles. The first-order valence-electron chi connectivity index (χ1n) is 19.4. The van der Waals surface area contributed by atoms with Crippen molar-refractivity contribution in [2.45, 2.75) is 0 Å². The van der Waals surface area contributed by atoms with Crippen LogP contribution in [-0.2, 0) is 0 Å². The van der Waals surface area contributed by atoms with Crippen LogP contribution in [0.5, 0.6) is 0 Å². The summed E-state index contributed by atoms with van der Waals surface area (Å²) < 4.78 is 104. The molecule has 0 spiro atoms. The van der Waals surface area contributed by atoms with Gasteiger partial charge in [-0.3, -0.25) is 0 Å². The molecule has 43 heavy (non-hydrogen) atoms. The molecular formula is C42H26O. The standard InChI is InChI=1S/C42H26O/c1-2-15-31-27(11-1)12-10-21-32(31)28-13-9-14-29(25-28)41-34-17-3-5-19-36(34)42(37-20-6-4-18-35(37)41)30-23-24-40-38(26-30)33-16-7-8-22-39(33)43-40/h1-26H/i7D,8D,9D,13D,14D,16D,22D,23D,24D,25D,26D. The lowest BCUT2D eigenvalue weighted by atomic mass is 9.85. The van der Waals surface area contributed by atoms with Crippen LogP contribution < -0.4 is 0 Å². The van der Waals surface area contributed by atoms with Gasteiger partial charge in [0, 0.05) is 10.8 Å². The number of para-hydroxylation sites is 1. The quantitative estimate of drug-likeness (QED) is 0.197. The Hall–Kier alpha value is -5.66. The van der Waals surface area contributed by atoms with Crippen LogP contribution in [0.3, 0.4) is 0 Å². The molecular weight excluding hydrogens is 520 g/mol. The number of rotatable bonds is 3. The van der Waals surface area contributed by atoms with E-state index in [2.05, 4.69) is 0 Å². The van der Waals surface area contributed by atoms with Crippen molar-refractivity contribution in [2.24, 2.45) is 0 Å². The summed E-state index contributed by atoms with van der Waals surface area (Å²) in [5, 5.41) is 3.84. The molecule has 0 aliphatic carbocycles. The van der Waals surface area contributed by atoms with Gasteiger partial charge in [0.1, 0.15) is 11.2 Å².